The van der Waals surface area contributed by atoms with Gasteiger partial charge in [0.25, 0.3) is 0 Å². The summed E-state index contributed by atoms with van der Waals surface area (Å²) < 4.78 is 0. The first-order valence-corrected chi connectivity index (χ1v) is 6.30. The maximum atomic E-state index is 10.8. The molecule has 1 atom stereocenters. The number of nitrogens with zero attached hydrogens (tertiary/aromatic N) is 1. The Morgan fingerprint density at radius 2 is 1.81 bits per heavy atom. The molecule has 0 amide bonds. The fraction of sp³-hybridized carbons (Fsp3) is 0.786. The van der Waals surface area contributed by atoms with Crippen LogP contribution in [0.4, 0.5) is 0 Å². The fourth-order valence-electron chi connectivity index (χ4n) is 3.28. The van der Waals surface area contributed by atoms with E-state index in [0.717, 1.165) is 44.9 Å². The Balaban J connectivity index is 2.25. The Morgan fingerprint density at radius 3 is 2.19 bits per heavy atom. The first-order chi connectivity index (χ1) is 7.68. The molecule has 0 heterocycles. The molecule has 16 heavy (non-hydrogen) atoms. The second-order valence-electron chi connectivity index (χ2n) is 5.29. The minimum atomic E-state index is -1.18. The molecular weight excluding hydrogens is 198 g/mol. The predicted octanol–water partition coefficient (Wildman–Crippen LogP) is 2.62. The summed E-state index contributed by atoms with van der Waals surface area (Å²) in [5.41, 5.74) is -1.83. The van der Waals surface area contributed by atoms with E-state index >= 15 is 0 Å². The van der Waals surface area contributed by atoms with Crippen molar-refractivity contribution in [1.29, 1.82) is 5.26 Å². The van der Waals surface area contributed by atoms with Crippen molar-refractivity contribution >= 4 is 0 Å². The van der Waals surface area contributed by atoms with Crippen LogP contribution < -0.4 is 0 Å². The van der Waals surface area contributed by atoms with Gasteiger partial charge in [0.2, 0.25) is 0 Å². The number of terminal acetylenes is 1. The van der Waals surface area contributed by atoms with Crippen LogP contribution in [-0.2, 0) is 0 Å². The van der Waals surface area contributed by atoms with Crippen LogP contribution in [0.5, 0.6) is 0 Å². The van der Waals surface area contributed by atoms with Crippen LogP contribution in [0.25, 0.3) is 0 Å². The summed E-state index contributed by atoms with van der Waals surface area (Å²) in [6.07, 6.45) is 13.6. The van der Waals surface area contributed by atoms with Crippen molar-refractivity contribution in [3.05, 3.63) is 0 Å². The van der Waals surface area contributed by atoms with Crippen LogP contribution in [0.15, 0.2) is 0 Å². The van der Waals surface area contributed by atoms with Gasteiger partial charge in [0.15, 0.2) is 0 Å². The predicted molar refractivity (Wildman–Crippen MR) is 62.3 cm³/mol. The van der Waals surface area contributed by atoms with E-state index in [0.29, 0.717) is 0 Å². The number of nitriles is 1. The van der Waals surface area contributed by atoms with Gasteiger partial charge in [-0.3, -0.25) is 0 Å². The van der Waals surface area contributed by atoms with Gasteiger partial charge in [-0.15, -0.1) is 6.42 Å². The first kappa shape index (κ1) is 11.5. The van der Waals surface area contributed by atoms with E-state index in [1.165, 1.54) is 6.42 Å². The van der Waals surface area contributed by atoms with Crippen LogP contribution in [-0.4, -0.2) is 10.7 Å². The van der Waals surface area contributed by atoms with Crippen LogP contribution in [0.2, 0.25) is 0 Å². The van der Waals surface area contributed by atoms with E-state index in [1.54, 1.807) is 0 Å². The summed E-state index contributed by atoms with van der Waals surface area (Å²) in [6, 6.07) is 2.31. The molecule has 0 saturated heterocycles. The quantitative estimate of drug-likeness (QED) is 0.723. The van der Waals surface area contributed by atoms with Gasteiger partial charge in [-0.2, -0.15) is 5.26 Å². The summed E-state index contributed by atoms with van der Waals surface area (Å²) in [5.74, 6) is 2.71. The van der Waals surface area contributed by atoms with Gasteiger partial charge in [0, 0.05) is 5.92 Å². The molecule has 0 unspecified atom stereocenters. The SMILES string of the molecule is C#C[C@](O)(C1CCCCC1)C1(C#N)CCC1. The van der Waals surface area contributed by atoms with Gasteiger partial charge >= 0.3 is 0 Å². The molecule has 2 nitrogen and oxygen atoms in total. The lowest BCUT2D eigenvalue weighted by atomic mass is 9.54. The van der Waals surface area contributed by atoms with E-state index in [1.807, 2.05) is 0 Å². The maximum absolute atomic E-state index is 10.8. The van der Waals surface area contributed by atoms with E-state index in [4.69, 9.17) is 6.42 Å². The highest BCUT2D eigenvalue weighted by molar-refractivity contribution is 5.28. The minimum Gasteiger partial charge on any atom is -0.376 e. The van der Waals surface area contributed by atoms with Crippen LogP contribution in [0.1, 0.15) is 51.4 Å². The van der Waals surface area contributed by atoms with Crippen molar-refractivity contribution in [2.75, 3.05) is 0 Å². The van der Waals surface area contributed by atoms with Crippen molar-refractivity contribution in [3.8, 4) is 18.4 Å². The Kier molecular flexibility index (Phi) is 2.96. The zero-order valence-electron chi connectivity index (χ0n) is 9.71. The van der Waals surface area contributed by atoms with Crippen molar-refractivity contribution in [3.63, 3.8) is 0 Å². The molecule has 1 N–H and O–H groups in total. The molecule has 0 aromatic carbocycles. The van der Waals surface area contributed by atoms with Crippen LogP contribution in [0, 0.1) is 35.0 Å². The molecule has 0 spiro atoms. The number of hydrogen-bond acceptors (Lipinski definition) is 2. The van der Waals surface area contributed by atoms with Gasteiger partial charge in [-0.25, -0.2) is 0 Å². The Morgan fingerprint density at radius 1 is 1.19 bits per heavy atom. The molecule has 0 radical (unpaired) electrons. The monoisotopic (exact) mass is 217 g/mol. The number of aliphatic hydroxyl groups is 1. The third-order valence-electron chi connectivity index (χ3n) is 4.57. The Labute approximate surface area is 97.7 Å². The normalized spacial score (nSPS) is 28.2. The lowest BCUT2D eigenvalue weighted by Crippen LogP contribution is -2.55. The van der Waals surface area contributed by atoms with Gasteiger partial charge in [-0.05, 0) is 32.1 Å². The highest BCUT2D eigenvalue weighted by Gasteiger charge is 2.57. The highest BCUT2D eigenvalue weighted by Crippen LogP contribution is 2.53. The molecule has 2 saturated carbocycles. The first-order valence-electron chi connectivity index (χ1n) is 6.30. The number of rotatable bonds is 2. The maximum Gasteiger partial charge on any atom is 0.146 e. The third-order valence-corrected chi connectivity index (χ3v) is 4.57. The molecule has 2 fully saturated rings. The van der Waals surface area contributed by atoms with E-state index in [-0.39, 0.29) is 5.92 Å². The van der Waals surface area contributed by atoms with Gasteiger partial charge in [0.05, 0.1) is 11.5 Å². The smallest absolute Gasteiger partial charge is 0.146 e. The molecule has 0 bridgehead atoms. The summed E-state index contributed by atoms with van der Waals surface area (Å²) >= 11 is 0. The molecular formula is C14H19NO. The summed E-state index contributed by atoms with van der Waals surface area (Å²) in [5, 5.41) is 20.1. The third kappa shape index (κ3) is 1.45. The Bertz CT molecular complexity index is 339. The van der Waals surface area contributed by atoms with Gasteiger partial charge in [0.1, 0.15) is 5.60 Å². The molecule has 0 aromatic heterocycles. The summed E-state index contributed by atoms with van der Waals surface area (Å²) in [6.45, 7) is 0. The number of hydrogen-bond donors (Lipinski definition) is 1. The second-order valence-corrected chi connectivity index (χ2v) is 5.29. The second kappa shape index (κ2) is 4.11. The van der Waals surface area contributed by atoms with Crippen molar-refractivity contribution in [1.82, 2.24) is 0 Å². The molecule has 2 aliphatic rings. The van der Waals surface area contributed by atoms with E-state index in [9.17, 15) is 10.4 Å². The molecule has 2 aliphatic carbocycles. The molecule has 86 valence electrons. The summed E-state index contributed by atoms with van der Waals surface area (Å²) in [4.78, 5) is 0. The van der Waals surface area contributed by atoms with E-state index in [2.05, 4.69) is 12.0 Å². The van der Waals surface area contributed by atoms with Gasteiger partial charge in [-0.1, -0.05) is 25.2 Å². The lowest BCUT2D eigenvalue weighted by Gasteiger charge is -2.50. The molecule has 2 heteroatoms. The zero-order chi connectivity index (χ0) is 11.6. The average Bonchev–Trinajstić information content (AvgIpc) is 2.29. The van der Waals surface area contributed by atoms with Crippen molar-refractivity contribution in [2.24, 2.45) is 11.3 Å². The average molecular weight is 217 g/mol. The molecule has 0 aromatic rings. The van der Waals surface area contributed by atoms with Crippen LogP contribution in [0.3, 0.4) is 0 Å². The molecule has 0 aliphatic heterocycles. The summed E-state index contributed by atoms with van der Waals surface area (Å²) in [7, 11) is 0. The van der Waals surface area contributed by atoms with Crippen molar-refractivity contribution < 1.29 is 5.11 Å². The fourth-order valence-corrected chi connectivity index (χ4v) is 3.28. The minimum absolute atomic E-state index is 0.131. The highest BCUT2D eigenvalue weighted by atomic mass is 16.3. The Hall–Kier alpha value is -0.990. The molecule has 2 rings (SSSR count). The zero-order valence-corrected chi connectivity index (χ0v) is 9.71. The van der Waals surface area contributed by atoms with E-state index < -0.39 is 11.0 Å². The van der Waals surface area contributed by atoms with Crippen LogP contribution >= 0.6 is 0 Å². The largest absolute Gasteiger partial charge is 0.376 e. The van der Waals surface area contributed by atoms with Crippen molar-refractivity contribution in [2.45, 2.75) is 57.0 Å². The lowest BCUT2D eigenvalue weighted by molar-refractivity contribution is -0.0976. The standard InChI is InChI=1S/C14H19NO/c1-2-14(16,12-7-4-3-5-8-12)13(11-15)9-6-10-13/h1,12,16H,3-10H2/t14-/m0/s1. The van der Waals surface area contributed by atoms with Gasteiger partial charge < -0.3 is 5.11 Å². The topological polar surface area (TPSA) is 44.0 Å².